The fourth-order valence-corrected chi connectivity index (χ4v) is 0.798. The van der Waals surface area contributed by atoms with Gasteiger partial charge in [-0.3, -0.25) is 0 Å². The quantitative estimate of drug-likeness (QED) is 0.380. The van der Waals surface area contributed by atoms with E-state index in [1.54, 1.807) is 0 Å². The molecule has 0 aliphatic rings. The average Bonchev–Trinajstić information content (AvgIpc) is 2.22. The highest BCUT2D eigenvalue weighted by Crippen LogP contribution is 2.03. The molecule has 0 bridgehead atoms. The number of carbonyl (C=O) groups excluding carboxylic acids is 1. The summed E-state index contributed by atoms with van der Waals surface area (Å²) >= 11 is 0. The zero-order chi connectivity index (χ0) is 11.0. The maximum Gasteiger partial charge on any atom is 0.336 e. The van der Waals surface area contributed by atoms with Gasteiger partial charge in [0.25, 0.3) is 0 Å². The monoisotopic (exact) mass is 197 g/mol. The van der Waals surface area contributed by atoms with Crippen LogP contribution < -0.4 is 0 Å². The van der Waals surface area contributed by atoms with Gasteiger partial charge in [0.15, 0.2) is 6.10 Å². The number of carbonyl (C=O) groups is 1. The Hall–Kier alpha value is -1.42. The van der Waals surface area contributed by atoms with Gasteiger partial charge in [-0.05, 0) is 18.4 Å². The highest BCUT2D eigenvalue weighted by Gasteiger charge is 2.19. The van der Waals surface area contributed by atoms with Crippen molar-refractivity contribution in [1.29, 1.82) is 5.41 Å². The number of rotatable bonds is 7. The fraction of sp³-hybridized carbons (Fsp3) is 0.400. The van der Waals surface area contributed by atoms with Gasteiger partial charge in [0.05, 0.1) is 0 Å². The number of hydrogen-bond donors (Lipinski definition) is 1. The van der Waals surface area contributed by atoms with Crippen molar-refractivity contribution in [3.05, 3.63) is 25.3 Å². The normalized spacial score (nSPS) is 11.9. The van der Waals surface area contributed by atoms with Crippen LogP contribution in [0.2, 0.25) is 0 Å². The molecule has 0 amide bonds. The zero-order valence-corrected chi connectivity index (χ0v) is 8.23. The molecule has 1 atom stereocenters. The van der Waals surface area contributed by atoms with Crippen LogP contribution in [0.1, 0.15) is 6.42 Å². The number of ether oxygens (including phenoxy) is 2. The Morgan fingerprint density at radius 2 is 2.07 bits per heavy atom. The maximum atomic E-state index is 11.3. The molecular formula is C10H15NO3. The third kappa shape index (κ3) is 4.00. The average molecular weight is 197 g/mol. The van der Waals surface area contributed by atoms with Gasteiger partial charge in [0.1, 0.15) is 6.10 Å². The fourth-order valence-electron chi connectivity index (χ4n) is 0.798. The molecular weight excluding hydrogens is 182 g/mol. The van der Waals surface area contributed by atoms with Crippen molar-refractivity contribution in [3.63, 3.8) is 0 Å². The lowest BCUT2D eigenvalue weighted by atomic mass is 10.2. The van der Waals surface area contributed by atoms with Gasteiger partial charge in [0, 0.05) is 13.5 Å². The molecule has 4 heteroatoms. The second-order valence-electron chi connectivity index (χ2n) is 2.54. The van der Waals surface area contributed by atoms with E-state index >= 15 is 0 Å². The molecule has 0 aromatic rings. The molecule has 4 nitrogen and oxygen atoms in total. The van der Waals surface area contributed by atoms with Crippen LogP contribution >= 0.6 is 0 Å². The number of hydrogen-bond acceptors (Lipinski definition) is 4. The van der Waals surface area contributed by atoms with E-state index in [0.717, 1.165) is 6.21 Å². The van der Waals surface area contributed by atoms with Gasteiger partial charge in [-0.2, -0.15) is 0 Å². The van der Waals surface area contributed by atoms with Crippen LogP contribution in [0.3, 0.4) is 0 Å². The van der Waals surface area contributed by atoms with Crippen molar-refractivity contribution in [3.8, 4) is 0 Å². The third-order valence-electron chi connectivity index (χ3n) is 1.60. The van der Waals surface area contributed by atoms with E-state index in [9.17, 15) is 4.79 Å². The summed E-state index contributed by atoms with van der Waals surface area (Å²) < 4.78 is 9.80. The van der Waals surface area contributed by atoms with Crippen LogP contribution in [0.4, 0.5) is 0 Å². The second-order valence-corrected chi connectivity index (χ2v) is 2.54. The number of methoxy groups -OCH3 is 1. The van der Waals surface area contributed by atoms with Crippen molar-refractivity contribution >= 4 is 12.2 Å². The van der Waals surface area contributed by atoms with Crippen LogP contribution in [0.5, 0.6) is 0 Å². The van der Waals surface area contributed by atoms with Gasteiger partial charge in [-0.1, -0.05) is 13.2 Å². The predicted octanol–water partition coefficient (Wildman–Crippen LogP) is 1.32. The summed E-state index contributed by atoms with van der Waals surface area (Å²) in [4.78, 5) is 11.3. The number of esters is 1. The van der Waals surface area contributed by atoms with Crippen LogP contribution in [0.25, 0.3) is 0 Å². The van der Waals surface area contributed by atoms with E-state index in [4.69, 9.17) is 14.9 Å². The van der Waals surface area contributed by atoms with E-state index in [1.807, 2.05) is 0 Å². The van der Waals surface area contributed by atoms with Gasteiger partial charge in [-0.15, -0.1) is 0 Å². The maximum absolute atomic E-state index is 11.3. The lowest BCUT2D eigenvalue weighted by molar-refractivity contribution is -0.156. The third-order valence-corrected chi connectivity index (χ3v) is 1.60. The topological polar surface area (TPSA) is 59.4 Å². The first kappa shape index (κ1) is 12.6. The molecule has 1 unspecified atom stereocenters. The highest BCUT2D eigenvalue weighted by molar-refractivity contribution is 5.78. The molecule has 1 N–H and O–H groups in total. The summed E-state index contributed by atoms with van der Waals surface area (Å²) in [5, 5.41) is 6.85. The Labute approximate surface area is 83.7 Å². The van der Waals surface area contributed by atoms with E-state index in [-0.39, 0.29) is 6.42 Å². The molecule has 78 valence electrons. The van der Waals surface area contributed by atoms with Crippen molar-refractivity contribution in [2.45, 2.75) is 18.6 Å². The largest absolute Gasteiger partial charge is 0.452 e. The van der Waals surface area contributed by atoms with E-state index in [0.29, 0.717) is 0 Å². The smallest absolute Gasteiger partial charge is 0.336 e. The Morgan fingerprint density at radius 1 is 1.50 bits per heavy atom. The molecule has 0 fully saturated rings. The standard InChI is InChI=1S/C10H15NO3/c1-4-8(5-2)14-10(12)9(13-3)6-7-11/h4-5,7-9,11H,1-2,6H2,3H3. The van der Waals surface area contributed by atoms with Gasteiger partial charge in [0.2, 0.25) is 0 Å². The van der Waals surface area contributed by atoms with Gasteiger partial charge < -0.3 is 14.9 Å². The molecule has 0 radical (unpaired) electrons. The lowest BCUT2D eigenvalue weighted by Crippen LogP contribution is -2.28. The predicted molar refractivity (Wildman–Crippen MR) is 54.5 cm³/mol. The minimum absolute atomic E-state index is 0.205. The minimum atomic E-state index is -0.727. The first-order valence-corrected chi connectivity index (χ1v) is 4.16. The summed E-state index contributed by atoms with van der Waals surface area (Å²) in [5.74, 6) is -0.513. The molecule has 0 aromatic heterocycles. The summed E-state index contributed by atoms with van der Waals surface area (Å²) in [6, 6.07) is 0. The molecule has 0 saturated carbocycles. The summed E-state index contributed by atoms with van der Waals surface area (Å²) in [6.45, 7) is 6.96. The molecule has 14 heavy (non-hydrogen) atoms. The van der Waals surface area contributed by atoms with Crippen LogP contribution in [-0.4, -0.2) is 31.5 Å². The summed E-state index contributed by atoms with van der Waals surface area (Å²) in [6.07, 6.45) is 2.99. The molecule has 0 heterocycles. The minimum Gasteiger partial charge on any atom is -0.452 e. The Balaban J connectivity index is 4.20. The SMILES string of the molecule is C=CC(C=C)OC(=O)C(CC=N)OC. The Kier molecular flexibility index (Phi) is 6.32. The Bertz CT molecular complexity index is 217. The molecule has 0 aliphatic carbocycles. The first-order chi connectivity index (χ1) is 6.69. The number of nitrogens with one attached hydrogen (secondary N) is 1. The molecule has 0 spiro atoms. The van der Waals surface area contributed by atoms with Crippen molar-refractivity contribution in [1.82, 2.24) is 0 Å². The van der Waals surface area contributed by atoms with Gasteiger partial charge in [-0.25, -0.2) is 4.79 Å². The van der Waals surface area contributed by atoms with Crippen LogP contribution in [0.15, 0.2) is 25.3 Å². The van der Waals surface area contributed by atoms with Gasteiger partial charge >= 0.3 is 5.97 Å². The van der Waals surface area contributed by atoms with E-state index < -0.39 is 18.2 Å². The van der Waals surface area contributed by atoms with Crippen molar-refractivity contribution in [2.75, 3.05) is 7.11 Å². The zero-order valence-electron chi connectivity index (χ0n) is 8.23. The molecule has 0 aliphatic heterocycles. The lowest BCUT2D eigenvalue weighted by Gasteiger charge is -2.15. The molecule has 0 saturated heterocycles. The van der Waals surface area contributed by atoms with E-state index in [2.05, 4.69) is 13.2 Å². The molecule has 0 rings (SSSR count). The van der Waals surface area contributed by atoms with Crippen molar-refractivity contribution in [2.24, 2.45) is 0 Å². The highest BCUT2D eigenvalue weighted by atomic mass is 16.6. The summed E-state index contributed by atoms with van der Waals surface area (Å²) in [5.41, 5.74) is 0. The van der Waals surface area contributed by atoms with Crippen LogP contribution in [0, 0.1) is 5.41 Å². The van der Waals surface area contributed by atoms with Crippen molar-refractivity contribution < 1.29 is 14.3 Å². The first-order valence-electron chi connectivity index (χ1n) is 4.16. The van der Waals surface area contributed by atoms with E-state index in [1.165, 1.54) is 19.3 Å². The molecule has 0 aromatic carbocycles. The summed E-state index contributed by atoms with van der Waals surface area (Å²) in [7, 11) is 1.40. The van der Waals surface area contributed by atoms with Crippen LogP contribution in [-0.2, 0) is 14.3 Å². The second kappa shape index (κ2) is 7.03. The Morgan fingerprint density at radius 3 is 2.43 bits per heavy atom.